The minimum absolute atomic E-state index is 0.0808. The third kappa shape index (κ3) is 5.50. The van der Waals surface area contributed by atoms with E-state index in [0.717, 1.165) is 28.7 Å². The standard InChI is InChI=1S/C27H39BN2O5/c1-25(2,3)33-24(31)30-16-18(17-32-8)13-23(30)22-14-20(15-29-22)19-9-11-21(12-10-19)28-34-26(4,5)27(6,7)35-28/h9-12,15,18,23H,13-14,16-17H2,1-8H3/t18-,23-/m0/s1. The molecule has 1 aromatic carbocycles. The van der Waals surface area contributed by atoms with Crippen LogP contribution in [-0.4, -0.2) is 66.9 Å². The molecule has 0 unspecified atom stereocenters. The molecule has 7 nitrogen and oxygen atoms in total. The average Bonchev–Trinajstić information content (AvgIpc) is 3.44. The maximum Gasteiger partial charge on any atom is 0.494 e. The van der Waals surface area contributed by atoms with Gasteiger partial charge in [0.15, 0.2) is 0 Å². The molecule has 3 heterocycles. The summed E-state index contributed by atoms with van der Waals surface area (Å²) in [6.45, 7) is 15.1. The van der Waals surface area contributed by atoms with Crippen molar-refractivity contribution >= 4 is 30.0 Å². The Labute approximate surface area is 210 Å². The molecule has 2 saturated heterocycles. The van der Waals surface area contributed by atoms with Crippen LogP contribution in [0.5, 0.6) is 0 Å². The lowest BCUT2D eigenvalue weighted by Gasteiger charge is -2.32. The number of benzene rings is 1. The zero-order chi connectivity index (χ0) is 25.6. The molecule has 0 bridgehead atoms. The Morgan fingerprint density at radius 3 is 2.34 bits per heavy atom. The minimum atomic E-state index is -0.541. The van der Waals surface area contributed by atoms with Gasteiger partial charge in [-0.2, -0.15) is 0 Å². The molecule has 0 aromatic heterocycles. The molecule has 0 aliphatic carbocycles. The second-order valence-electron chi connectivity index (χ2n) is 11.9. The molecular weight excluding hydrogens is 443 g/mol. The van der Waals surface area contributed by atoms with Crippen LogP contribution in [0.25, 0.3) is 5.57 Å². The highest BCUT2D eigenvalue weighted by atomic mass is 16.7. The number of ether oxygens (including phenoxy) is 2. The van der Waals surface area contributed by atoms with Crippen molar-refractivity contribution in [1.29, 1.82) is 0 Å². The van der Waals surface area contributed by atoms with Crippen LogP contribution in [0.1, 0.15) is 66.9 Å². The van der Waals surface area contributed by atoms with Crippen LogP contribution < -0.4 is 5.46 Å². The lowest BCUT2D eigenvalue weighted by atomic mass is 9.78. The zero-order valence-corrected chi connectivity index (χ0v) is 22.4. The van der Waals surface area contributed by atoms with E-state index in [1.54, 1.807) is 7.11 Å². The van der Waals surface area contributed by atoms with Crippen molar-refractivity contribution in [1.82, 2.24) is 4.90 Å². The second kappa shape index (κ2) is 9.38. The van der Waals surface area contributed by atoms with Gasteiger partial charge in [0, 0.05) is 37.9 Å². The predicted octanol–water partition coefficient (Wildman–Crippen LogP) is 4.44. The number of methoxy groups -OCH3 is 1. The normalized spacial score (nSPS) is 25.6. The van der Waals surface area contributed by atoms with Crippen molar-refractivity contribution in [2.45, 2.75) is 84.2 Å². The summed E-state index contributed by atoms with van der Waals surface area (Å²) in [5, 5.41) is 0. The van der Waals surface area contributed by atoms with E-state index in [-0.39, 0.29) is 36.4 Å². The summed E-state index contributed by atoms with van der Waals surface area (Å²) in [7, 11) is 1.32. The summed E-state index contributed by atoms with van der Waals surface area (Å²) in [6.07, 6.45) is 3.17. The van der Waals surface area contributed by atoms with Crippen molar-refractivity contribution in [3.05, 3.63) is 36.0 Å². The van der Waals surface area contributed by atoms with E-state index < -0.39 is 5.60 Å². The van der Waals surface area contributed by atoms with E-state index in [4.69, 9.17) is 23.8 Å². The molecule has 0 saturated carbocycles. The number of likely N-dealkylation sites (tertiary alicyclic amines) is 1. The van der Waals surface area contributed by atoms with Crippen molar-refractivity contribution in [2.24, 2.45) is 10.9 Å². The number of nitrogens with zero attached hydrogens (tertiary/aromatic N) is 2. The number of carbonyl (C=O) groups excluding carboxylic acids is 1. The van der Waals surface area contributed by atoms with Gasteiger partial charge in [-0.3, -0.25) is 9.89 Å². The first-order chi connectivity index (χ1) is 16.3. The van der Waals surface area contributed by atoms with Crippen LogP contribution in [0.4, 0.5) is 4.79 Å². The van der Waals surface area contributed by atoms with Crippen molar-refractivity contribution in [3.63, 3.8) is 0 Å². The van der Waals surface area contributed by atoms with Gasteiger partial charge in [-0.25, -0.2) is 4.79 Å². The van der Waals surface area contributed by atoms with E-state index >= 15 is 0 Å². The Bertz CT molecular complexity index is 993. The molecule has 1 amide bonds. The number of amides is 1. The van der Waals surface area contributed by atoms with Gasteiger partial charge in [-0.1, -0.05) is 24.3 Å². The van der Waals surface area contributed by atoms with Crippen LogP contribution in [0.15, 0.2) is 35.5 Å². The second-order valence-corrected chi connectivity index (χ2v) is 11.9. The predicted molar refractivity (Wildman–Crippen MR) is 139 cm³/mol. The summed E-state index contributed by atoms with van der Waals surface area (Å²) in [4.78, 5) is 19.5. The summed E-state index contributed by atoms with van der Waals surface area (Å²) in [5.41, 5.74) is 2.98. The summed E-state index contributed by atoms with van der Waals surface area (Å²) in [6, 6.07) is 8.24. The first-order valence-corrected chi connectivity index (χ1v) is 12.5. The quantitative estimate of drug-likeness (QED) is 0.581. The van der Waals surface area contributed by atoms with Crippen molar-refractivity contribution in [2.75, 3.05) is 20.3 Å². The van der Waals surface area contributed by atoms with E-state index in [9.17, 15) is 4.79 Å². The SMILES string of the molecule is COC[C@H]1C[C@@H](C2=NC=C(c3ccc(B4OC(C)(C)C(C)(C)O4)cc3)C2)N(C(=O)OC(C)(C)C)C1. The van der Waals surface area contributed by atoms with Crippen molar-refractivity contribution in [3.8, 4) is 0 Å². The Hall–Kier alpha value is -2.16. The fourth-order valence-corrected chi connectivity index (χ4v) is 4.78. The molecule has 3 aliphatic heterocycles. The number of hydrogen-bond donors (Lipinski definition) is 0. The first kappa shape index (κ1) is 25.9. The Kier molecular flexibility index (Phi) is 6.94. The number of carbonyl (C=O) groups is 1. The van der Waals surface area contributed by atoms with Gasteiger partial charge in [0.2, 0.25) is 0 Å². The fourth-order valence-electron chi connectivity index (χ4n) is 4.78. The number of aliphatic imine (C=N–C) groups is 1. The molecule has 0 spiro atoms. The highest BCUT2D eigenvalue weighted by Crippen LogP contribution is 2.37. The maximum absolute atomic E-state index is 13.0. The molecule has 0 N–H and O–H groups in total. The monoisotopic (exact) mass is 482 g/mol. The van der Waals surface area contributed by atoms with Gasteiger partial charge in [0.1, 0.15) is 5.60 Å². The van der Waals surface area contributed by atoms with Gasteiger partial charge >= 0.3 is 13.2 Å². The van der Waals surface area contributed by atoms with Crippen LogP contribution in [0.2, 0.25) is 0 Å². The van der Waals surface area contributed by atoms with Crippen molar-refractivity contribution < 1.29 is 23.6 Å². The van der Waals surface area contributed by atoms with Gasteiger partial charge < -0.3 is 18.8 Å². The lowest BCUT2D eigenvalue weighted by molar-refractivity contribution is 0.00578. The molecule has 2 fully saturated rings. The Balaban J connectivity index is 1.43. The maximum atomic E-state index is 13.0. The van der Waals surface area contributed by atoms with E-state index in [1.165, 1.54) is 0 Å². The van der Waals surface area contributed by atoms with Gasteiger partial charge in [0.05, 0.1) is 23.9 Å². The average molecular weight is 482 g/mol. The Morgan fingerprint density at radius 2 is 1.77 bits per heavy atom. The van der Waals surface area contributed by atoms with Crippen LogP contribution in [0, 0.1) is 5.92 Å². The third-order valence-electron chi connectivity index (χ3n) is 7.37. The van der Waals surface area contributed by atoms with E-state index in [2.05, 4.69) is 52.0 Å². The zero-order valence-electron chi connectivity index (χ0n) is 22.4. The van der Waals surface area contributed by atoms with Gasteiger partial charge in [-0.05, 0) is 71.5 Å². The van der Waals surface area contributed by atoms with Crippen LogP contribution in [-0.2, 0) is 18.8 Å². The number of allylic oxidation sites excluding steroid dienone is 1. The minimum Gasteiger partial charge on any atom is -0.444 e. The van der Waals surface area contributed by atoms with Gasteiger partial charge in [-0.15, -0.1) is 0 Å². The summed E-state index contributed by atoms with van der Waals surface area (Å²) < 4.78 is 23.4. The molecule has 0 radical (unpaired) electrons. The Morgan fingerprint density at radius 1 is 1.14 bits per heavy atom. The number of hydrogen-bond acceptors (Lipinski definition) is 6. The molecule has 2 atom stereocenters. The number of rotatable bonds is 5. The molecule has 190 valence electrons. The third-order valence-corrected chi connectivity index (χ3v) is 7.37. The van der Waals surface area contributed by atoms with E-state index in [0.29, 0.717) is 19.6 Å². The van der Waals surface area contributed by atoms with Gasteiger partial charge in [0.25, 0.3) is 0 Å². The summed E-state index contributed by atoms with van der Waals surface area (Å²) >= 11 is 0. The summed E-state index contributed by atoms with van der Waals surface area (Å²) in [5.74, 6) is 0.267. The highest BCUT2D eigenvalue weighted by Gasteiger charge is 2.51. The van der Waals surface area contributed by atoms with Crippen LogP contribution in [0.3, 0.4) is 0 Å². The molecule has 4 rings (SSSR count). The molecule has 3 aliphatic rings. The topological polar surface area (TPSA) is 69.6 Å². The molecule has 8 heteroatoms. The molecular formula is C27H39BN2O5. The fraction of sp³-hybridized carbons (Fsp3) is 0.630. The highest BCUT2D eigenvalue weighted by molar-refractivity contribution is 6.62. The lowest BCUT2D eigenvalue weighted by Crippen LogP contribution is -2.43. The molecule has 35 heavy (non-hydrogen) atoms. The van der Waals surface area contributed by atoms with E-state index in [1.807, 2.05) is 31.9 Å². The van der Waals surface area contributed by atoms with Crippen LogP contribution >= 0.6 is 0 Å². The smallest absolute Gasteiger partial charge is 0.444 e. The molecule has 1 aromatic rings. The first-order valence-electron chi connectivity index (χ1n) is 12.5. The largest absolute Gasteiger partial charge is 0.494 e.